The molecule has 2 atom stereocenters. The molecule has 2 N–H and O–H groups in total. The summed E-state index contributed by atoms with van der Waals surface area (Å²) in [7, 11) is 0. The van der Waals surface area contributed by atoms with Crippen LogP contribution in [0.1, 0.15) is 12.0 Å². The molecular formula is C22H26Cl3N3O3. The van der Waals surface area contributed by atoms with Gasteiger partial charge in [-0.15, -0.1) is 24.8 Å². The molecule has 2 aromatic carbocycles. The quantitative estimate of drug-likeness (QED) is 0.464. The van der Waals surface area contributed by atoms with Crippen LogP contribution in [0.3, 0.4) is 0 Å². The third-order valence-corrected chi connectivity index (χ3v) is 5.17. The topological polar surface area (TPSA) is 71.5 Å². The van der Waals surface area contributed by atoms with Crippen molar-refractivity contribution in [3.05, 3.63) is 77.8 Å². The zero-order chi connectivity index (χ0) is 20.1. The Morgan fingerprint density at radius 3 is 2.55 bits per heavy atom. The number of nitrogens with zero attached hydrogens (tertiary/aromatic N) is 2. The van der Waals surface area contributed by atoms with Gasteiger partial charge in [-0.25, -0.2) is 4.98 Å². The minimum atomic E-state index is -0.727. The fourth-order valence-corrected chi connectivity index (χ4v) is 3.52. The fourth-order valence-electron chi connectivity index (χ4n) is 3.39. The number of aryl methyl sites for hydroxylation is 1. The lowest BCUT2D eigenvalue weighted by Gasteiger charge is -2.28. The molecule has 1 saturated heterocycles. The van der Waals surface area contributed by atoms with Gasteiger partial charge in [0.2, 0.25) is 0 Å². The minimum absolute atomic E-state index is 0. The molecule has 0 radical (unpaired) electrons. The van der Waals surface area contributed by atoms with E-state index in [9.17, 15) is 0 Å². The molecule has 31 heavy (non-hydrogen) atoms. The molecule has 1 aliphatic heterocycles. The molecule has 1 fully saturated rings. The molecule has 168 valence electrons. The van der Waals surface area contributed by atoms with E-state index in [2.05, 4.69) is 4.98 Å². The monoisotopic (exact) mass is 485 g/mol. The first-order chi connectivity index (χ1) is 14.1. The first kappa shape index (κ1) is 25.3. The lowest BCUT2D eigenvalue weighted by Crippen LogP contribution is -2.37. The number of halogens is 3. The smallest absolute Gasteiger partial charge is 0.187 e. The highest BCUT2D eigenvalue weighted by atomic mass is 35.5. The van der Waals surface area contributed by atoms with Crippen LogP contribution in [0.5, 0.6) is 5.75 Å². The zero-order valence-corrected chi connectivity index (χ0v) is 19.2. The summed E-state index contributed by atoms with van der Waals surface area (Å²) in [5.74, 6) is 0.0335. The summed E-state index contributed by atoms with van der Waals surface area (Å²) in [6.07, 6.45) is 6.82. The second-order valence-electron chi connectivity index (χ2n) is 7.20. The number of hydrogen-bond acceptors (Lipinski definition) is 5. The Hall–Kier alpha value is -1.96. The number of hydrogen-bond donors (Lipinski definition) is 1. The van der Waals surface area contributed by atoms with E-state index >= 15 is 0 Å². The SMILES string of the molecule is Cl.Cl.Nc1ccc(OCC2COC(CCc3ccc(Cl)cc3)(Cn3ccnc3)O2)cc1. The van der Waals surface area contributed by atoms with Crippen molar-refractivity contribution in [3.63, 3.8) is 0 Å². The van der Waals surface area contributed by atoms with Gasteiger partial charge in [0.25, 0.3) is 0 Å². The second-order valence-corrected chi connectivity index (χ2v) is 7.64. The molecular weight excluding hydrogens is 461 g/mol. The fraction of sp³-hybridized carbons (Fsp3) is 0.318. The third-order valence-electron chi connectivity index (χ3n) is 4.92. The average molecular weight is 487 g/mol. The molecule has 3 aromatic rings. The number of nitrogen functional groups attached to an aromatic ring is 1. The zero-order valence-electron chi connectivity index (χ0n) is 16.9. The van der Waals surface area contributed by atoms with Crippen molar-refractivity contribution in [2.24, 2.45) is 0 Å². The second kappa shape index (κ2) is 11.6. The molecule has 0 bridgehead atoms. The Morgan fingerprint density at radius 1 is 1.13 bits per heavy atom. The molecule has 1 aliphatic rings. The lowest BCUT2D eigenvalue weighted by molar-refractivity contribution is -0.184. The maximum Gasteiger partial charge on any atom is 0.187 e. The van der Waals surface area contributed by atoms with Crippen molar-refractivity contribution in [1.82, 2.24) is 9.55 Å². The normalized spacial score (nSPS) is 20.0. The first-order valence-electron chi connectivity index (χ1n) is 9.61. The van der Waals surface area contributed by atoms with Gasteiger partial charge in [-0.1, -0.05) is 23.7 Å². The standard InChI is InChI=1S/C22H24ClN3O3.2ClH/c23-18-3-1-17(2-4-18)9-10-22(15-26-12-11-25-16-26)28-14-21(29-22)13-27-20-7-5-19(24)6-8-20;;/h1-8,11-12,16,21H,9-10,13-15,24H2;2*1H. The van der Waals surface area contributed by atoms with E-state index in [0.717, 1.165) is 17.2 Å². The van der Waals surface area contributed by atoms with E-state index < -0.39 is 5.79 Å². The van der Waals surface area contributed by atoms with Crippen molar-refractivity contribution >= 4 is 42.1 Å². The van der Waals surface area contributed by atoms with E-state index in [1.54, 1.807) is 12.5 Å². The Kier molecular flexibility index (Phi) is 9.47. The number of imidazole rings is 1. The van der Waals surface area contributed by atoms with Crippen LogP contribution in [-0.4, -0.2) is 34.7 Å². The molecule has 4 rings (SSSR count). The molecule has 0 spiro atoms. The summed E-state index contributed by atoms with van der Waals surface area (Å²) >= 11 is 5.99. The maximum atomic E-state index is 6.37. The molecule has 0 saturated carbocycles. The van der Waals surface area contributed by atoms with Crippen molar-refractivity contribution in [3.8, 4) is 5.75 Å². The number of ether oxygens (including phenoxy) is 3. The van der Waals surface area contributed by atoms with Crippen molar-refractivity contribution in [2.75, 3.05) is 18.9 Å². The highest BCUT2D eigenvalue weighted by molar-refractivity contribution is 6.30. The van der Waals surface area contributed by atoms with E-state index in [-0.39, 0.29) is 30.9 Å². The van der Waals surface area contributed by atoms with Gasteiger partial charge in [0, 0.05) is 29.5 Å². The predicted octanol–water partition coefficient (Wildman–Crippen LogP) is 4.79. The van der Waals surface area contributed by atoms with Crippen LogP contribution in [0.2, 0.25) is 5.02 Å². The van der Waals surface area contributed by atoms with E-state index in [1.807, 2.05) is 59.3 Å². The van der Waals surface area contributed by atoms with Gasteiger partial charge in [-0.2, -0.15) is 0 Å². The van der Waals surface area contributed by atoms with Crippen LogP contribution >= 0.6 is 36.4 Å². The highest BCUT2D eigenvalue weighted by Crippen LogP contribution is 2.31. The molecule has 9 heteroatoms. The minimum Gasteiger partial charge on any atom is -0.491 e. The van der Waals surface area contributed by atoms with Gasteiger partial charge in [0.1, 0.15) is 18.5 Å². The lowest BCUT2D eigenvalue weighted by atomic mass is 10.0. The molecule has 0 amide bonds. The Bertz CT molecular complexity index is 908. The maximum absolute atomic E-state index is 6.37. The van der Waals surface area contributed by atoms with Crippen molar-refractivity contribution in [1.29, 1.82) is 0 Å². The first-order valence-corrected chi connectivity index (χ1v) is 9.98. The molecule has 2 heterocycles. The summed E-state index contributed by atoms with van der Waals surface area (Å²) < 4.78 is 20.4. The van der Waals surface area contributed by atoms with Crippen molar-refractivity contribution < 1.29 is 14.2 Å². The van der Waals surface area contributed by atoms with E-state index in [4.69, 9.17) is 31.5 Å². The number of benzene rings is 2. The van der Waals surface area contributed by atoms with Crippen LogP contribution in [0.25, 0.3) is 0 Å². The van der Waals surface area contributed by atoms with Gasteiger partial charge < -0.3 is 24.5 Å². The summed E-state index contributed by atoms with van der Waals surface area (Å²) in [5, 5.41) is 0.732. The third kappa shape index (κ3) is 7.02. The molecule has 2 unspecified atom stereocenters. The van der Waals surface area contributed by atoms with Gasteiger partial charge in [0.05, 0.1) is 19.5 Å². The summed E-state index contributed by atoms with van der Waals surface area (Å²) in [4.78, 5) is 4.13. The Labute approximate surface area is 199 Å². The molecule has 6 nitrogen and oxygen atoms in total. The largest absolute Gasteiger partial charge is 0.491 e. The van der Waals surface area contributed by atoms with Crippen LogP contribution in [0, 0.1) is 0 Å². The summed E-state index contributed by atoms with van der Waals surface area (Å²) in [5.41, 5.74) is 7.62. The van der Waals surface area contributed by atoms with E-state index in [1.165, 1.54) is 5.56 Å². The van der Waals surface area contributed by atoms with Gasteiger partial charge >= 0.3 is 0 Å². The molecule has 1 aromatic heterocycles. The number of aromatic nitrogens is 2. The predicted molar refractivity (Wildman–Crippen MR) is 126 cm³/mol. The summed E-state index contributed by atoms with van der Waals surface area (Å²) in [6.45, 7) is 1.46. The Morgan fingerprint density at radius 2 is 1.87 bits per heavy atom. The van der Waals surface area contributed by atoms with Crippen molar-refractivity contribution in [2.45, 2.75) is 31.3 Å². The highest BCUT2D eigenvalue weighted by Gasteiger charge is 2.42. The number of nitrogens with two attached hydrogens (primary N) is 1. The number of anilines is 1. The van der Waals surface area contributed by atoms with E-state index in [0.29, 0.717) is 31.9 Å². The molecule has 0 aliphatic carbocycles. The van der Waals surface area contributed by atoms with Gasteiger partial charge in [-0.05, 0) is 48.4 Å². The van der Waals surface area contributed by atoms with Crippen LogP contribution in [0.4, 0.5) is 5.69 Å². The van der Waals surface area contributed by atoms with Gasteiger partial charge in [-0.3, -0.25) is 0 Å². The average Bonchev–Trinajstić information content (AvgIpc) is 3.38. The number of rotatable bonds is 8. The van der Waals surface area contributed by atoms with Gasteiger partial charge in [0.15, 0.2) is 5.79 Å². The van der Waals surface area contributed by atoms with Crippen LogP contribution in [-0.2, 0) is 22.4 Å². The Balaban J connectivity index is 0.00000171. The van der Waals surface area contributed by atoms with Crippen LogP contribution in [0.15, 0.2) is 67.3 Å². The van der Waals surface area contributed by atoms with Crippen LogP contribution < -0.4 is 10.5 Å². The summed E-state index contributed by atoms with van der Waals surface area (Å²) in [6, 6.07) is 15.2.